The maximum atomic E-state index is 10.9. The van der Waals surface area contributed by atoms with E-state index in [0.29, 0.717) is 24.2 Å². The van der Waals surface area contributed by atoms with E-state index in [1.54, 1.807) is 0 Å². The summed E-state index contributed by atoms with van der Waals surface area (Å²) in [4.78, 5) is 20.9. The van der Waals surface area contributed by atoms with Gasteiger partial charge < -0.3 is 10.2 Å². The van der Waals surface area contributed by atoms with Gasteiger partial charge in [-0.05, 0) is 19.5 Å². The lowest BCUT2D eigenvalue weighted by atomic mass is 9.93. The molecule has 0 radical (unpaired) electrons. The molecule has 0 bridgehead atoms. The number of halogens is 1. The third-order valence-corrected chi connectivity index (χ3v) is 2.73. The van der Waals surface area contributed by atoms with E-state index >= 15 is 0 Å². The van der Waals surface area contributed by atoms with Gasteiger partial charge in [0.1, 0.15) is 17.3 Å². The predicted octanol–water partition coefficient (Wildman–Crippen LogP) is 1.94. The molecule has 1 aromatic heterocycles. The molecule has 1 aromatic rings. The smallest absolute Gasteiger partial charge is 0.156 e. The van der Waals surface area contributed by atoms with Crippen LogP contribution in [-0.2, 0) is 0 Å². The van der Waals surface area contributed by atoms with Crippen molar-refractivity contribution in [3.63, 3.8) is 0 Å². The third kappa shape index (κ3) is 4.23. The Balaban J connectivity index is 2.74. The number of nitrogens with one attached hydrogen (secondary N) is 1. The number of aromatic nitrogens is 2. The summed E-state index contributed by atoms with van der Waals surface area (Å²) in [7, 11) is 4.06. The predicted molar refractivity (Wildman–Crippen MR) is 73.3 cm³/mol. The molecule has 1 rings (SSSR count). The van der Waals surface area contributed by atoms with Gasteiger partial charge in [-0.15, -0.1) is 0 Å². The molecule has 18 heavy (non-hydrogen) atoms. The summed E-state index contributed by atoms with van der Waals surface area (Å²) < 4.78 is 0. The molecule has 0 saturated carbocycles. The summed E-state index contributed by atoms with van der Waals surface area (Å²) in [5.41, 5.74) is 0.362. The van der Waals surface area contributed by atoms with Gasteiger partial charge in [-0.2, -0.15) is 0 Å². The van der Waals surface area contributed by atoms with Crippen LogP contribution >= 0.6 is 11.6 Å². The fourth-order valence-electron chi connectivity index (χ4n) is 1.85. The van der Waals surface area contributed by atoms with Crippen LogP contribution in [0.2, 0.25) is 5.15 Å². The van der Waals surface area contributed by atoms with Crippen LogP contribution in [0.1, 0.15) is 24.2 Å². The minimum absolute atomic E-state index is 0.0566. The highest BCUT2D eigenvalue weighted by Gasteiger charge is 2.20. The quantitative estimate of drug-likeness (QED) is 0.632. The molecule has 0 fully saturated rings. The summed E-state index contributed by atoms with van der Waals surface area (Å²) >= 11 is 5.83. The summed E-state index contributed by atoms with van der Waals surface area (Å²) in [5, 5.41) is 3.33. The highest BCUT2D eigenvalue weighted by Crippen LogP contribution is 2.21. The van der Waals surface area contributed by atoms with E-state index in [1.807, 2.05) is 14.1 Å². The first-order valence-corrected chi connectivity index (χ1v) is 6.08. The van der Waals surface area contributed by atoms with E-state index in [0.717, 1.165) is 6.54 Å². The molecule has 0 aromatic carbocycles. The van der Waals surface area contributed by atoms with Gasteiger partial charge in [0, 0.05) is 13.1 Å². The molecule has 6 heteroatoms. The average Bonchev–Trinajstić information content (AvgIpc) is 2.24. The molecule has 0 amide bonds. The molecule has 100 valence electrons. The molecule has 0 spiro atoms. The molecule has 0 aliphatic rings. The summed E-state index contributed by atoms with van der Waals surface area (Å²) in [6.45, 7) is 5.90. The Labute approximate surface area is 113 Å². The van der Waals surface area contributed by atoms with E-state index in [9.17, 15) is 4.79 Å². The number of carbonyl (C=O) groups excluding carboxylic acids is 1. The molecule has 1 N–H and O–H groups in total. The second kappa shape index (κ2) is 6.11. The van der Waals surface area contributed by atoms with Crippen LogP contribution in [0.3, 0.4) is 0 Å². The monoisotopic (exact) mass is 270 g/mol. The normalized spacial score (nSPS) is 11.7. The maximum Gasteiger partial charge on any atom is 0.156 e. The largest absolute Gasteiger partial charge is 0.369 e. The van der Waals surface area contributed by atoms with Gasteiger partial charge in [-0.25, -0.2) is 9.97 Å². The summed E-state index contributed by atoms with van der Waals surface area (Å²) in [5.74, 6) is 0.483. The summed E-state index contributed by atoms with van der Waals surface area (Å²) in [6.07, 6.45) is 2.01. The van der Waals surface area contributed by atoms with Crippen molar-refractivity contribution in [2.45, 2.75) is 13.8 Å². The van der Waals surface area contributed by atoms with Gasteiger partial charge in [0.2, 0.25) is 0 Å². The number of rotatable bonds is 6. The number of carbonyl (C=O) groups is 1. The van der Waals surface area contributed by atoms with Crippen LogP contribution < -0.4 is 5.32 Å². The van der Waals surface area contributed by atoms with Crippen LogP contribution in [0, 0.1) is 5.41 Å². The van der Waals surface area contributed by atoms with Crippen LogP contribution in [0.15, 0.2) is 6.33 Å². The minimum atomic E-state index is 0.0566. The number of anilines is 1. The zero-order valence-electron chi connectivity index (χ0n) is 11.2. The number of nitrogens with zero attached hydrogens (tertiary/aromatic N) is 3. The van der Waals surface area contributed by atoms with Crippen LogP contribution in [0.4, 0.5) is 5.82 Å². The van der Waals surface area contributed by atoms with Crippen LogP contribution in [0.5, 0.6) is 0 Å². The van der Waals surface area contributed by atoms with Crippen LogP contribution in [0.25, 0.3) is 0 Å². The first-order valence-electron chi connectivity index (χ1n) is 5.70. The van der Waals surface area contributed by atoms with Crippen molar-refractivity contribution < 1.29 is 4.79 Å². The van der Waals surface area contributed by atoms with Crippen molar-refractivity contribution in [3.05, 3.63) is 17.0 Å². The van der Waals surface area contributed by atoms with Crippen LogP contribution in [-0.4, -0.2) is 48.3 Å². The zero-order chi connectivity index (χ0) is 13.8. The molecule has 0 unspecified atom stereocenters. The molecule has 0 aliphatic heterocycles. The molecule has 0 aliphatic carbocycles. The molecule has 5 nitrogen and oxygen atoms in total. The van der Waals surface area contributed by atoms with Crippen molar-refractivity contribution in [2.75, 3.05) is 32.5 Å². The first-order chi connectivity index (χ1) is 8.35. The standard InChI is InChI=1S/C12H19ClN4O/c1-12(2,7-17(3)4)6-14-11-9(5-18)10(13)15-8-16-11/h5,8H,6-7H2,1-4H3,(H,14,15,16). The third-order valence-electron chi connectivity index (χ3n) is 2.43. The second-order valence-electron chi connectivity index (χ2n) is 5.30. The number of hydrogen-bond donors (Lipinski definition) is 1. The van der Waals surface area contributed by atoms with Crippen molar-refractivity contribution in [1.29, 1.82) is 0 Å². The summed E-state index contributed by atoms with van der Waals surface area (Å²) in [6, 6.07) is 0. The highest BCUT2D eigenvalue weighted by atomic mass is 35.5. The van der Waals surface area contributed by atoms with Crippen molar-refractivity contribution in [2.24, 2.45) is 5.41 Å². The zero-order valence-corrected chi connectivity index (χ0v) is 12.0. The van der Waals surface area contributed by atoms with E-state index in [2.05, 4.69) is 34.0 Å². The van der Waals surface area contributed by atoms with E-state index in [1.165, 1.54) is 6.33 Å². The van der Waals surface area contributed by atoms with E-state index < -0.39 is 0 Å². The fraction of sp³-hybridized carbons (Fsp3) is 0.583. The van der Waals surface area contributed by atoms with E-state index in [4.69, 9.17) is 11.6 Å². The van der Waals surface area contributed by atoms with Crippen molar-refractivity contribution in [3.8, 4) is 0 Å². The topological polar surface area (TPSA) is 58.1 Å². The van der Waals surface area contributed by atoms with Gasteiger partial charge in [-0.3, -0.25) is 4.79 Å². The number of hydrogen-bond acceptors (Lipinski definition) is 5. The Hall–Kier alpha value is -1.20. The van der Waals surface area contributed by atoms with Gasteiger partial charge in [-0.1, -0.05) is 25.4 Å². The van der Waals surface area contributed by atoms with Gasteiger partial charge in [0.25, 0.3) is 0 Å². The molecular formula is C12H19ClN4O. The number of aldehydes is 1. The Morgan fingerprint density at radius 2 is 2.11 bits per heavy atom. The second-order valence-corrected chi connectivity index (χ2v) is 5.66. The Kier molecular flexibility index (Phi) is 5.04. The average molecular weight is 271 g/mol. The lowest BCUT2D eigenvalue weighted by Crippen LogP contribution is -2.34. The van der Waals surface area contributed by atoms with Crippen molar-refractivity contribution >= 4 is 23.7 Å². The molecule has 1 heterocycles. The Bertz CT molecular complexity index is 421. The Morgan fingerprint density at radius 1 is 1.44 bits per heavy atom. The van der Waals surface area contributed by atoms with Gasteiger partial charge in [0.15, 0.2) is 6.29 Å². The van der Waals surface area contributed by atoms with Gasteiger partial charge >= 0.3 is 0 Å². The highest BCUT2D eigenvalue weighted by molar-refractivity contribution is 6.32. The lowest BCUT2D eigenvalue weighted by Gasteiger charge is -2.28. The van der Waals surface area contributed by atoms with E-state index in [-0.39, 0.29) is 10.6 Å². The maximum absolute atomic E-state index is 10.9. The first kappa shape index (κ1) is 14.9. The SMILES string of the molecule is CN(C)CC(C)(C)CNc1ncnc(Cl)c1C=O. The fourth-order valence-corrected chi connectivity index (χ4v) is 2.03. The molecular weight excluding hydrogens is 252 g/mol. The van der Waals surface area contributed by atoms with Crippen molar-refractivity contribution in [1.82, 2.24) is 14.9 Å². The molecule has 0 saturated heterocycles. The van der Waals surface area contributed by atoms with Gasteiger partial charge in [0.05, 0.1) is 5.56 Å². The lowest BCUT2D eigenvalue weighted by molar-refractivity contribution is 0.112. The molecule has 0 atom stereocenters. The minimum Gasteiger partial charge on any atom is -0.369 e. The Morgan fingerprint density at radius 3 is 2.67 bits per heavy atom.